The molecule has 1 aliphatic heterocycles. The first-order valence-electron chi connectivity index (χ1n) is 28.2. The molecule has 36 nitrogen and oxygen atoms in total. The molecule has 36 heteroatoms. The molecular formula is C52H83N17O19. The standard InChI is InChI=1S/C52H83N17O19/c1-6-26(4)42(68-47(83)32(17-25(2)3)65-44(80)29(53)11-13-39(73)74)49(85)64-30(12-14-40(75)76)46(82)66-33(18-28-20-56-24-61-28)45(81)60-22-37(71)58-21-36(70)59-23-38(72)63-31(9-7-15-57-52(54)55)50(86)69-16-8-10-35(69)48(84)62-27(5)43(79)67-34(51(87)88)19-41(77)78/h20,24-27,29-35,42H,6-19,21-23,53H2,1-5H3,(H,56,61)(H,58,71)(H,59,70)(H,60,81)(H,62,84)(H,63,72)(H,64,85)(H,65,80)(H,66,82)(H,67,79)(H,68,83)(H,73,74)(H,75,76)(H,77,78)(H,87,88)(H4,54,55,57)/t26-,27-,29-,30-,31-,32-,33-,34-,35-,42-/m0/s1. The topological polar surface area (TPSA) is 580 Å². The van der Waals surface area contributed by atoms with E-state index < -0.39 is 194 Å². The van der Waals surface area contributed by atoms with E-state index >= 15 is 0 Å². The molecule has 1 aromatic rings. The summed E-state index contributed by atoms with van der Waals surface area (Å²) in [6, 6.07) is -12.7. The fourth-order valence-corrected chi connectivity index (χ4v) is 8.57. The summed E-state index contributed by atoms with van der Waals surface area (Å²) in [7, 11) is 0. The van der Waals surface area contributed by atoms with Crippen molar-refractivity contribution < 1.29 is 92.3 Å². The maximum atomic E-state index is 14.0. The zero-order valence-corrected chi connectivity index (χ0v) is 49.5. The van der Waals surface area contributed by atoms with Gasteiger partial charge in [0.15, 0.2) is 5.96 Å². The Labute approximate surface area is 505 Å². The minimum Gasteiger partial charge on any atom is -0.481 e. The maximum absolute atomic E-state index is 14.0. The number of likely N-dealkylation sites (tertiary alicyclic amines) is 1. The van der Waals surface area contributed by atoms with Gasteiger partial charge >= 0.3 is 23.9 Å². The van der Waals surface area contributed by atoms with Crippen LogP contribution in [-0.2, 0) is 78.3 Å². The number of carbonyl (C=O) groups is 15. The average Bonchev–Trinajstić information content (AvgIpc) is 3.29. The fraction of sp³-hybridized carbons (Fsp3) is 0.635. The maximum Gasteiger partial charge on any atom is 0.326 e. The molecule has 0 bridgehead atoms. The van der Waals surface area contributed by atoms with E-state index in [0.717, 1.165) is 4.90 Å². The number of nitrogens with two attached hydrogens (primary N) is 3. The lowest BCUT2D eigenvalue weighted by Crippen LogP contribution is -2.60. The second-order valence-electron chi connectivity index (χ2n) is 21.2. The number of carboxylic acids is 4. The van der Waals surface area contributed by atoms with Crippen molar-refractivity contribution in [3.63, 3.8) is 0 Å². The molecular weight excluding hydrogens is 1170 g/mol. The Hall–Kier alpha value is -9.51. The van der Waals surface area contributed by atoms with E-state index in [1.54, 1.807) is 27.7 Å². The van der Waals surface area contributed by atoms with Gasteiger partial charge in [0, 0.05) is 44.2 Å². The molecule has 0 aromatic carbocycles. The van der Waals surface area contributed by atoms with Crippen LogP contribution in [0.4, 0.5) is 0 Å². The summed E-state index contributed by atoms with van der Waals surface area (Å²) in [5.74, 6) is -16.6. The van der Waals surface area contributed by atoms with Gasteiger partial charge < -0.3 is 101 Å². The lowest BCUT2D eigenvalue weighted by atomic mass is 9.96. The molecule has 2 rings (SSSR count). The van der Waals surface area contributed by atoms with Crippen molar-refractivity contribution in [2.45, 2.75) is 166 Å². The number of imidazole rings is 1. The van der Waals surface area contributed by atoms with Crippen LogP contribution in [0.1, 0.15) is 111 Å². The van der Waals surface area contributed by atoms with Gasteiger partial charge in [-0.2, -0.15) is 0 Å². The van der Waals surface area contributed by atoms with Crippen LogP contribution in [0.25, 0.3) is 0 Å². The normalized spacial score (nSPS) is 15.7. The summed E-state index contributed by atoms with van der Waals surface area (Å²) < 4.78 is 0. The van der Waals surface area contributed by atoms with Crippen molar-refractivity contribution >= 4 is 94.8 Å². The number of aliphatic imine (C=N–C) groups is 1. The molecule has 1 fully saturated rings. The van der Waals surface area contributed by atoms with Crippen molar-refractivity contribution in [1.29, 1.82) is 0 Å². The van der Waals surface area contributed by atoms with Crippen LogP contribution < -0.4 is 70.4 Å². The Morgan fingerprint density at radius 1 is 0.648 bits per heavy atom. The third-order valence-electron chi connectivity index (χ3n) is 13.5. The summed E-state index contributed by atoms with van der Waals surface area (Å²) in [6.07, 6.45) is 0.437. The highest BCUT2D eigenvalue weighted by Crippen LogP contribution is 2.20. The van der Waals surface area contributed by atoms with E-state index in [-0.39, 0.29) is 63.5 Å². The summed E-state index contributed by atoms with van der Waals surface area (Å²) in [5.41, 5.74) is 17.0. The van der Waals surface area contributed by atoms with E-state index in [2.05, 4.69) is 62.8 Å². The first kappa shape index (κ1) is 74.6. The SMILES string of the molecule is CC[C@H](C)[C@H](NC(=O)[C@H](CC(C)C)NC(=O)[C@@H](N)CCC(=O)O)C(=O)N[C@@H](CCC(=O)O)C(=O)N[C@@H](Cc1cnc[nH]1)C(=O)NCC(=O)NCC(=O)NCC(=O)N[C@@H](CCCN=C(N)N)C(=O)N1CCC[C@H]1C(=O)N[C@@H](C)C(=O)N[C@@H](CC(=O)O)C(=O)O. The Bertz CT molecular complexity index is 2670. The molecule has 11 amide bonds. The number of nitrogens with one attached hydrogen (secondary N) is 11. The molecule has 490 valence electrons. The Balaban J connectivity index is 2.15. The Morgan fingerprint density at radius 2 is 1.23 bits per heavy atom. The number of H-pyrrole nitrogens is 1. The number of guanidine groups is 1. The minimum atomic E-state index is -1.80. The second kappa shape index (κ2) is 37.8. The van der Waals surface area contributed by atoms with Gasteiger partial charge in [0.25, 0.3) is 0 Å². The summed E-state index contributed by atoms with van der Waals surface area (Å²) >= 11 is 0. The van der Waals surface area contributed by atoms with E-state index in [9.17, 15) is 82.1 Å². The van der Waals surface area contributed by atoms with Gasteiger partial charge in [-0.25, -0.2) is 9.78 Å². The number of nitrogens with zero attached hydrogens (tertiary/aromatic N) is 3. The van der Waals surface area contributed by atoms with Crippen LogP contribution >= 0.6 is 0 Å². The highest BCUT2D eigenvalue weighted by molar-refractivity contribution is 5.98. The molecule has 1 aliphatic rings. The number of aromatic amines is 1. The Morgan fingerprint density at radius 3 is 1.80 bits per heavy atom. The van der Waals surface area contributed by atoms with Crippen LogP contribution in [0.5, 0.6) is 0 Å². The smallest absolute Gasteiger partial charge is 0.326 e. The number of carboxylic acid groups (broad SMARTS) is 4. The zero-order chi connectivity index (χ0) is 66.4. The van der Waals surface area contributed by atoms with Crippen LogP contribution in [0.3, 0.4) is 0 Å². The highest BCUT2D eigenvalue weighted by Gasteiger charge is 2.40. The molecule has 0 aliphatic carbocycles. The van der Waals surface area contributed by atoms with Crippen molar-refractivity contribution in [3.05, 3.63) is 18.2 Å². The van der Waals surface area contributed by atoms with Gasteiger partial charge in [0.1, 0.15) is 48.3 Å². The van der Waals surface area contributed by atoms with E-state index in [1.165, 1.54) is 19.4 Å². The lowest BCUT2D eigenvalue weighted by Gasteiger charge is -2.29. The first-order chi connectivity index (χ1) is 41.3. The molecule has 0 saturated carbocycles. The number of hydrogen-bond donors (Lipinski definition) is 18. The predicted molar refractivity (Wildman–Crippen MR) is 306 cm³/mol. The number of amides is 11. The molecule has 1 aromatic heterocycles. The van der Waals surface area contributed by atoms with E-state index in [0.29, 0.717) is 18.5 Å². The van der Waals surface area contributed by atoms with Crippen LogP contribution in [0, 0.1) is 11.8 Å². The van der Waals surface area contributed by atoms with E-state index in [1.807, 2.05) is 5.32 Å². The lowest BCUT2D eigenvalue weighted by molar-refractivity contribution is -0.147. The van der Waals surface area contributed by atoms with Crippen molar-refractivity contribution in [1.82, 2.24) is 68.0 Å². The van der Waals surface area contributed by atoms with E-state index in [4.69, 9.17) is 27.4 Å². The third kappa shape index (κ3) is 27.7. The minimum absolute atomic E-state index is 0.0242. The molecule has 0 spiro atoms. The van der Waals surface area contributed by atoms with Crippen LogP contribution in [-0.4, -0.2) is 217 Å². The second-order valence-corrected chi connectivity index (χ2v) is 21.2. The monoisotopic (exact) mass is 1250 g/mol. The molecule has 2 heterocycles. The molecule has 88 heavy (non-hydrogen) atoms. The van der Waals surface area contributed by atoms with Crippen molar-refractivity contribution in [2.75, 3.05) is 32.7 Å². The third-order valence-corrected chi connectivity index (χ3v) is 13.5. The number of hydrogen-bond acceptors (Lipinski definition) is 18. The average molecular weight is 1250 g/mol. The van der Waals surface area contributed by atoms with Crippen molar-refractivity contribution in [2.24, 2.45) is 34.0 Å². The number of aliphatic carboxylic acids is 4. The fourth-order valence-electron chi connectivity index (χ4n) is 8.57. The molecule has 10 atom stereocenters. The van der Waals surface area contributed by atoms with Gasteiger partial charge in [0.05, 0.1) is 38.4 Å². The zero-order valence-electron chi connectivity index (χ0n) is 49.5. The summed E-state index contributed by atoms with van der Waals surface area (Å²) in [6.45, 7) is 5.85. The van der Waals surface area contributed by atoms with Gasteiger partial charge in [-0.1, -0.05) is 34.1 Å². The van der Waals surface area contributed by atoms with Crippen molar-refractivity contribution in [3.8, 4) is 0 Å². The van der Waals surface area contributed by atoms with Crippen LogP contribution in [0.2, 0.25) is 0 Å². The quantitative estimate of drug-likeness (QED) is 0.0165. The predicted octanol–water partition coefficient (Wildman–Crippen LogP) is -6.53. The number of rotatable bonds is 40. The summed E-state index contributed by atoms with van der Waals surface area (Å²) in [5, 5.41) is 60.7. The summed E-state index contributed by atoms with van der Waals surface area (Å²) in [4.78, 5) is 204. The van der Waals surface area contributed by atoms with Crippen LogP contribution in [0.15, 0.2) is 17.5 Å². The molecule has 1 saturated heterocycles. The van der Waals surface area contributed by atoms with Gasteiger partial charge in [0.2, 0.25) is 65.0 Å². The Kier molecular flexibility index (Phi) is 32.1. The largest absolute Gasteiger partial charge is 0.481 e. The first-order valence-corrected chi connectivity index (χ1v) is 28.2. The highest BCUT2D eigenvalue weighted by atomic mass is 16.4. The number of aromatic nitrogens is 2. The van der Waals surface area contributed by atoms with Gasteiger partial charge in [-0.05, 0) is 63.7 Å². The number of carbonyl (C=O) groups excluding carboxylic acids is 11. The molecule has 0 unspecified atom stereocenters. The van der Waals surface area contributed by atoms with Gasteiger partial charge in [-0.15, -0.1) is 0 Å². The molecule has 21 N–H and O–H groups in total. The van der Waals surface area contributed by atoms with Gasteiger partial charge in [-0.3, -0.25) is 72.1 Å². The molecule has 0 radical (unpaired) electrons.